The molecule has 0 radical (unpaired) electrons. The quantitative estimate of drug-likeness (QED) is 0.306. The zero-order valence-electron chi connectivity index (χ0n) is 5.62. The molecule has 0 aliphatic carbocycles. The van der Waals surface area contributed by atoms with Crippen molar-refractivity contribution in [2.45, 2.75) is 6.92 Å². The molecule has 58 valence electrons. The maximum atomic E-state index is 10.6. The summed E-state index contributed by atoms with van der Waals surface area (Å²) in [7, 11) is 0. The highest BCUT2D eigenvalue weighted by molar-refractivity contribution is 6.11. The summed E-state index contributed by atoms with van der Waals surface area (Å²) in [5, 5.41) is 0. The minimum Gasteiger partial charge on any atom is -0.420 e. The number of ether oxygens (including phenoxy) is 2. The first-order valence-corrected chi connectivity index (χ1v) is 2.74. The van der Waals surface area contributed by atoms with Crippen LogP contribution < -0.4 is 0 Å². The fraction of sp³-hybridized carbons (Fsp3) is 0.167. The van der Waals surface area contributed by atoms with Gasteiger partial charge in [0, 0.05) is 0 Å². The lowest BCUT2D eigenvalue weighted by Crippen LogP contribution is -2.03. The number of carbonyl (C=O) groups is 3. The first-order chi connectivity index (χ1) is 5.16. The molecule has 0 N–H and O–H groups in total. The average Bonchev–Trinajstić information content (AvgIpc) is 2.17. The van der Waals surface area contributed by atoms with Gasteiger partial charge in [-0.1, -0.05) is 0 Å². The highest BCUT2D eigenvalue weighted by Crippen LogP contribution is 2.16. The number of hydrogen-bond donors (Lipinski definition) is 0. The molecular weight excluding hydrogens is 152 g/mol. The Morgan fingerprint density at radius 1 is 1.36 bits per heavy atom. The molecule has 0 spiro atoms. The standard InChI is InChI=1S/C6H4O5/c1-3-4(10-2-7)6(9)11-5(3)8/h2H,1H3. The minimum atomic E-state index is -0.917. The summed E-state index contributed by atoms with van der Waals surface area (Å²) in [6.07, 6.45) is 0. The highest BCUT2D eigenvalue weighted by Gasteiger charge is 2.31. The van der Waals surface area contributed by atoms with E-state index in [1.165, 1.54) is 6.92 Å². The van der Waals surface area contributed by atoms with Crippen LogP contribution in [0.4, 0.5) is 0 Å². The summed E-state index contributed by atoms with van der Waals surface area (Å²) in [5.74, 6) is -2.02. The Balaban J connectivity index is 2.96. The molecule has 0 amide bonds. The van der Waals surface area contributed by atoms with Gasteiger partial charge in [0.05, 0.1) is 5.57 Å². The molecule has 0 bridgehead atoms. The van der Waals surface area contributed by atoms with Gasteiger partial charge < -0.3 is 9.47 Å². The van der Waals surface area contributed by atoms with Crippen molar-refractivity contribution in [1.82, 2.24) is 0 Å². The molecule has 1 rings (SSSR count). The summed E-state index contributed by atoms with van der Waals surface area (Å²) >= 11 is 0. The van der Waals surface area contributed by atoms with Gasteiger partial charge in [-0.2, -0.15) is 0 Å². The Hall–Kier alpha value is -1.65. The zero-order valence-corrected chi connectivity index (χ0v) is 5.62. The van der Waals surface area contributed by atoms with Gasteiger partial charge in [-0.25, -0.2) is 9.59 Å². The molecule has 0 atom stereocenters. The first kappa shape index (κ1) is 7.46. The molecule has 0 aromatic rings. The van der Waals surface area contributed by atoms with E-state index >= 15 is 0 Å². The molecule has 11 heavy (non-hydrogen) atoms. The van der Waals surface area contributed by atoms with E-state index in [9.17, 15) is 14.4 Å². The molecule has 0 saturated carbocycles. The Labute approximate surface area is 61.6 Å². The normalized spacial score (nSPS) is 16.8. The van der Waals surface area contributed by atoms with Gasteiger partial charge in [0.25, 0.3) is 6.47 Å². The molecule has 5 nitrogen and oxygen atoms in total. The van der Waals surface area contributed by atoms with Gasteiger partial charge in [-0.3, -0.25) is 4.79 Å². The lowest BCUT2D eigenvalue weighted by Gasteiger charge is -1.91. The summed E-state index contributed by atoms with van der Waals surface area (Å²) in [5.41, 5.74) is 0.0158. The van der Waals surface area contributed by atoms with E-state index in [-0.39, 0.29) is 17.8 Å². The molecule has 5 heteroatoms. The molecule has 1 aliphatic heterocycles. The number of rotatable bonds is 2. The van der Waals surface area contributed by atoms with Crippen LogP contribution in [0.3, 0.4) is 0 Å². The lowest BCUT2D eigenvalue weighted by molar-refractivity contribution is -0.153. The van der Waals surface area contributed by atoms with Crippen molar-refractivity contribution in [3.63, 3.8) is 0 Å². The monoisotopic (exact) mass is 156 g/mol. The lowest BCUT2D eigenvalue weighted by atomic mass is 10.3. The Morgan fingerprint density at radius 3 is 2.36 bits per heavy atom. The maximum absolute atomic E-state index is 10.6. The molecule has 0 fully saturated rings. The van der Waals surface area contributed by atoms with E-state index in [2.05, 4.69) is 9.47 Å². The van der Waals surface area contributed by atoms with Crippen LogP contribution >= 0.6 is 0 Å². The average molecular weight is 156 g/mol. The zero-order chi connectivity index (χ0) is 8.43. The Morgan fingerprint density at radius 2 is 2.00 bits per heavy atom. The minimum absolute atomic E-state index is 0.0158. The highest BCUT2D eigenvalue weighted by atomic mass is 16.6. The molecule has 1 aliphatic rings. The maximum Gasteiger partial charge on any atom is 0.382 e. The summed E-state index contributed by atoms with van der Waals surface area (Å²) < 4.78 is 8.30. The number of hydrogen-bond acceptors (Lipinski definition) is 5. The van der Waals surface area contributed by atoms with Crippen LogP contribution in [-0.2, 0) is 23.9 Å². The topological polar surface area (TPSA) is 69.7 Å². The second kappa shape index (κ2) is 2.53. The third-order valence-corrected chi connectivity index (χ3v) is 1.18. The van der Waals surface area contributed by atoms with Crippen molar-refractivity contribution in [1.29, 1.82) is 0 Å². The van der Waals surface area contributed by atoms with Crippen LogP contribution in [-0.4, -0.2) is 18.4 Å². The summed E-state index contributed by atoms with van der Waals surface area (Å²) in [6, 6.07) is 0. The second-order valence-corrected chi connectivity index (χ2v) is 1.85. The third kappa shape index (κ3) is 1.12. The Kier molecular flexibility index (Phi) is 1.72. The van der Waals surface area contributed by atoms with Crippen LogP contribution in [0, 0.1) is 0 Å². The molecule has 0 aromatic carbocycles. The van der Waals surface area contributed by atoms with Gasteiger partial charge in [0.15, 0.2) is 0 Å². The predicted octanol–water partition coefficient (Wildman–Crippen LogP) is -0.483. The van der Waals surface area contributed by atoms with Crippen molar-refractivity contribution >= 4 is 18.4 Å². The number of esters is 2. The van der Waals surface area contributed by atoms with E-state index in [1.807, 2.05) is 0 Å². The van der Waals surface area contributed by atoms with Crippen molar-refractivity contribution < 1.29 is 23.9 Å². The molecule has 0 aromatic heterocycles. The smallest absolute Gasteiger partial charge is 0.382 e. The summed E-state index contributed by atoms with van der Waals surface area (Å²) in [4.78, 5) is 31.0. The molecular formula is C6H4O5. The van der Waals surface area contributed by atoms with Crippen LogP contribution in [0.5, 0.6) is 0 Å². The fourth-order valence-corrected chi connectivity index (χ4v) is 0.637. The van der Waals surface area contributed by atoms with Crippen molar-refractivity contribution in [2.24, 2.45) is 0 Å². The Bertz CT molecular complexity index is 262. The van der Waals surface area contributed by atoms with Crippen LogP contribution in [0.25, 0.3) is 0 Å². The first-order valence-electron chi connectivity index (χ1n) is 2.74. The van der Waals surface area contributed by atoms with Crippen molar-refractivity contribution in [3.8, 4) is 0 Å². The fourth-order valence-electron chi connectivity index (χ4n) is 0.637. The number of carbonyl (C=O) groups excluding carboxylic acids is 3. The van der Waals surface area contributed by atoms with Gasteiger partial charge in [0.2, 0.25) is 5.76 Å². The van der Waals surface area contributed by atoms with E-state index in [4.69, 9.17) is 0 Å². The molecule has 1 heterocycles. The SMILES string of the molecule is CC1=C(OC=O)C(=O)OC1=O. The van der Waals surface area contributed by atoms with Gasteiger partial charge in [0.1, 0.15) is 0 Å². The predicted molar refractivity (Wildman–Crippen MR) is 30.9 cm³/mol. The molecule has 0 saturated heterocycles. The van der Waals surface area contributed by atoms with E-state index < -0.39 is 11.9 Å². The van der Waals surface area contributed by atoms with E-state index in [1.54, 1.807) is 0 Å². The van der Waals surface area contributed by atoms with Crippen LogP contribution in [0.2, 0.25) is 0 Å². The van der Waals surface area contributed by atoms with Gasteiger partial charge in [-0.15, -0.1) is 0 Å². The number of cyclic esters (lactones) is 2. The van der Waals surface area contributed by atoms with E-state index in [0.29, 0.717) is 0 Å². The van der Waals surface area contributed by atoms with Gasteiger partial charge in [-0.05, 0) is 6.92 Å². The van der Waals surface area contributed by atoms with Crippen molar-refractivity contribution in [2.75, 3.05) is 0 Å². The van der Waals surface area contributed by atoms with Gasteiger partial charge >= 0.3 is 11.9 Å². The summed E-state index contributed by atoms with van der Waals surface area (Å²) in [6.45, 7) is 1.41. The molecule has 0 unspecified atom stereocenters. The van der Waals surface area contributed by atoms with Crippen LogP contribution in [0.15, 0.2) is 11.3 Å². The van der Waals surface area contributed by atoms with E-state index in [0.717, 1.165) is 0 Å². The largest absolute Gasteiger partial charge is 0.420 e. The van der Waals surface area contributed by atoms with Crippen LogP contribution in [0.1, 0.15) is 6.92 Å². The van der Waals surface area contributed by atoms with Crippen molar-refractivity contribution in [3.05, 3.63) is 11.3 Å². The third-order valence-electron chi connectivity index (χ3n) is 1.18. The second-order valence-electron chi connectivity index (χ2n) is 1.85.